The van der Waals surface area contributed by atoms with Crippen LogP contribution in [-0.4, -0.2) is 31.4 Å². The standard InChI is InChI=1S/C14H19N3O2/c1-15-9-8-13(18)16-11-4-2-10(3-5-11)14(19)17-12-6-7-12/h2-5,12,15H,6-9H2,1H3,(H,16,18)(H,17,19). The summed E-state index contributed by atoms with van der Waals surface area (Å²) in [5.41, 5.74) is 1.34. The van der Waals surface area contributed by atoms with Crippen molar-refractivity contribution in [2.75, 3.05) is 18.9 Å². The van der Waals surface area contributed by atoms with E-state index < -0.39 is 0 Å². The van der Waals surface area contributed by atoms with E-state index in [1.807, 2.05) is 0 Å². The molecule has 0 saturated heterocycles. The largest absolute Gasteiger partial charge is 0.349 e. The third-order valence-corrected chi connectivity index (χ3v) is 2.95. The zero-order chi connectivity index (χ0) is 13.7. The van der Waals surface area contributed by atoms with Crippen molar-refractivity contribution in [1.82, 2.24) is 10.6 Å². The van der Waals surface area contributed by atoms with Crippen molar-refractivity contribution >= 4 is 17.5 Å². The normalized spacial score (nSPS) is 13.9. The Balaban J connectivity index is 1.86. The van der Waals surface area contributed by atoms with Crippen LogP contribution in [-0.2, 0) is 4.79 Å². The molecule has 102 valence electrons. The van der Waals surface area contributed by atoms with E-state index in [-0.39, 0.29) is 11.8 Å². The van der Waals surface area contributed by atoms with Crippen LogP contribution in [0, 0.1) is 0 Å². The molecule has 1 saturated carbocycles. The minimum atomic E-state index is -0.0458. The Bertz CT molecular complexity index is 452. The summed E-state index contributed by atoms with van der Waals surface area (Å²) in [6.45, 7) is 0.647. The summed E-state index contributed by atoms with van der Waals surface area (Å²) in [6, 6.07) is 7.31. The van der Waals surface area contributed by atoms with Crippen molar-refractivity contribution < 1.29 is 9.59 Å². The van der Waals surface area contributed by atoms with Gasteiger partial charge in [-0.2, -0.15) is 0 Å². The Kier molecular flexibility index (Phi) is 4.52. The molecule has 2 amide bonds. The van der Waals surface area contributed by atoms with Crippen molar-refractivity contribution in [3.05, 3.63) is 29.8 Å². The molecule has 19 heavy (non-hydrogen) atoms. The van der Waals surface area contributed by atoms with Gasteiger partial charge in [0.1, 0.15) is 0 Å². The Hall–Kier alpha value is -1.88. The summed E-state index contributed by atoms with van der Waals surface area (Å²) < 4.78 is 0. The Morgan fingerprint density at radius 2 is 1.89 bits per heavy atom. The van der Waals surface area contributed by atoms with Crippen LogP contribution in [0.2, 0.25) is 0 Å². The molecule has 1 fully saturated rings. The molecule has 0 aliphatic heterocycles. The van der Waals surface area contributed by atoms with Crippen LogP contribution >= 0.6 is 0 Å². The molecule has 1 aromatic carbocycles. The van der Waals surface area contributed by atoms with Crippen molar-refractivity contribution in [2.24, 2.45) is 0 Å². The van der Waals surface area contributed by atoms with E-state index in [0.717, 1.165) is 12.8 Å². The Labute approximate surface area is 112 Å². The lowest BCUT2D eigenvalue weighted by Gasteiger charge is -2.07. The molecule has 0 aromatic heterocycles. The van der Waals surface area contributed by atoms with E-state index in [2.05, 4.69) is 16.0 Å². The van der Waals surface area contributed by atoms with Gasteiger partial charge in [0.2, 0.25) is 5.91 Å². The lowest BCUT2D eigenvalue weighted by Crippen LogP contribution is -2.25. The number of hydrogen-bond acceptors (Lipinski definition) is 3. The first-order chi connectivity index (χ1) is 9.19. The second-order valence-corrected chi connectivity index (χ2v) is 4.73. The van der Waals surface area contributed by atoms with E-state index in [1.54, 1.807) is 31.3 Å². The summed E-state index contributed by atoms with van der Waals surface area (Å²) >= 11 is 0. The SMILES string of the molecule is CNCCC(=O)Nc1ccc(C(=O)NC2CC2)cc1. The Morgan fingerprint density at radius 1 is 1.21 bits per heavy atom. The lowest BCUT2D eigenvalue weighted by molar-refractivity contribution is -0.116. The van der Waals surface area contributed by atoms with Gasteiger partial charge >= 0.3 is 0 Å². The van der Waals surface area contributed by atoms with Crippen LogP contribution in [0.5, 0.6) is 0 Å². The topological polar surface area (TPSA) is 70.2 Å². The summed E-state index contributed by atoms with van der Waals surface area (Å²) in [6.07, 6.45) is 2.58. The van der Waals surface area contributed by atoms with E-state index in [0.29, 0.717) is 30.3 Å². The van der Waals surface area contributed by atoms with Gasteiger partial charge in [-0.1, -0.05) is 0 Å². The second kappa shape index (κ2) is 6.33. The zero-order valence-corrected chi connectivity index (χ0v) is 11.0. The highest BCUT2D eigenvalue weighted by atomic mass is 16.2. The molecule has 0 unspecified atom stereocenters. The molecule has 3 N–H and O–H groups in total. The van der Waals surface area contributed by atoms with Crippen LogP contribution in [0.1, 0.15) is 29.6 Å². The average molecular weight is 261 g/mol. The van der Waals surface area contributed by atoms with E-state index >= 15 is 0 Å². The molecule has 5 nitrogen and oxygen atoms in total. The van der Waals surface area contributed by atoms with Gasteiger partial charge in [-0.25, -0.2) is 0 Å². The van der Waals surface area contributed by atoms with Crippen molar-refractivity contribution in [3.63, 3.8) is 0 Å². The number of rotatable bonds is 6. The van der Waals surface area contributed by atoms with Crippen LogP contribution in [0.25, 0.3) is 0 Å². The third kappa shape index (κ3) is 4.37. The van der Waals surface area contributed by atoms with Gasteiger partial charge in [0.25, 0.3) is 5.91 Å². The zero-order valence-electron chi connectivity index (χ0n) is 11.0. The number of carbonyl (C=O) groups is 2. The molecule has 0 heterocycles. The summed E-state index contributed by atoms with van der Waals surface area (Å²) in [4.78, 5) is 23.3. The van der Waals surface area contributed by atoms with Crippen molar-refractivity contribution in [1.29, 1.82) is 0 Å². The fourth-order valence-electron chi connectivity index (χ4n) is 1.66. The van der Waals surface area contributed by atoms with Gasteiger partial charge in [-0.3, -0.25) is 9.59 Å². The summed E-state index contributed by atoms with van der Waals surface area (Å²) in [7, 11) is 1.81. The highest BCUT2D eigenvalue weighted by molar-refractivity contribution is 5.96. The van der Waals surface area contributed by atoms with Crippen LogP contribution in [0.3, 0.4) is 0 Å². The summed E-state index contributed by atoms with van der Waals surface area (Å²) in [5, 5.41) is 8.63. The maximum atomic E-state index is 11.8. The maximum absolute atomic E-state index is 11.8. The van der Waals surface area contributed by atoms with Crippen LogP contribution < -0.4 is 16.0 Å². The third-order valence-electron chi connectivity index (χ3n) is 2.95. The minimum Gasteiger partial charge on any atom is -0.349 e. The summed E-state index contributed by atoms with van der Waals surface area (Å²) in [5.74, 6) is -0.0832. The monoisotopic (exact) mass is 261 g/mol. The van der Waals surface area contributed by atoms with E-state index in [4.69, 9.17) is 0 Å². The first kappa shape index (κ1) is 13.5. The fraction of sp³-hybridized carbons (Fsp3) is 0.429. The van der Waals surface area contributed by atoms with Gasteiger partial charge < -0.3 is 16.0 Å². The molecule has 1 aliphatic carbocycles. The molecule has 2 rings (SSSR count). The van der Waals surface area contributed by atoms with Crippen LogP contribution in [0.15, 0.2) is 24.3 Å². The predicted molar refractivity (Wildman–Crippen MR) is 74.1 cm³/mol. The molecule has 0 bridgehead atoms. The van der Waals surface area contributed by atoms with Gasteiger partial charge in [0, 0.05) is 30.3 Å². The highest BCUT2D eigenvalue weighted by Crippen LogP contribution is 2.19. The number of amides is 2. The lowest BCUT2D eigenvalue weighted by atomic mass is 10.2. The number of hydrogen-bond donors (Lipinski definition) is 3. The number of benzene rings is 1. The number of carbonyl (C=O) groups excluding carboxylic acids is 2. The van der Waals surface area contributed by atoms with Crippen LogP contribution in [0.4, 0.5) is 5.69 Å². The quantitative estimate of drug-likeness (QED) is 0.719. The van der Waals surface area contributed by atoms with Crippen molar-refractivity contribution in [2.45, 2.75) is 25.3 Å². The maximum Gasteiger partial charge on any atom is 0.251 e. The van der Waals surface area contributed by atoms with E-state index in [9.17, 15) is 9.59 Å². The molecular formula is C14H19N3O2. The van der Waals surface area contributed by atoms with Gasteiger partial charge in [0.05, 0.1) is 0 Å². The fourth-order valence-corrected chi connectivity index (χ4v) is 1.66. The number of nitrogens with one attached hydrogen (secondary N) is 3. The molecule has 5 heteroatoms. The van der Waals surface area contributed by atoms with Crippen molar-refractivity contribution in [3.8, 4) is 0 Å². The minimum absolute atomic E-state index is 0.0375. The predicted octanol–water partition coefficient (Wildman–Crippen LogP) is 1.13. The Morgan fingerprint density at radius 3 is 2.47 bits per heavy atom. The highest BCUT2D eigenvalue weighted by Gasteiger charge is 2.23. The molecule has 0 atom stereocenters. The molecular weight excluding hydrogens is 242 g/mol. The average Bonchev–Trinajstić information content (AvgIpc) is 3.21. The second-order valence-electron chi connectivity index (χ2n) is 4.73. The van der Waals surface area contributed by atoms with Gasteiger partial charge in [-0.05, 0) is 44.2 Å². The number of anilines is 1. The first-order valence-electron chi connectivity index (χ1n) is 6.54. The van der Waals surface area contributed by atoms with Gasteiger partial charge in [-0.15, -0.1) is 0 Å². The van der Waals surface area contributed by atoms with E-state index in [1.165, 1.54) is 0 Å². The molecule has 0 radical (unpaired) electrons. The first-order valence-corrected chi connectivity index (χ1v) is 6.54. The van der Waals surface area contributed by atoms with Gasteiger partial charge in [0.15, 0.2) is 0 Å². The molecule has 0 spiro atoms. The molecule has 1 aliphatic rings. The molecule has 1 aromatic rings. The smallest absolute Gasteiger partial charge is 0.251 e.